The molecule has 1 aromatic carbocycles. The number of rotatable bonds is 5. The molecule has 130 valence electrons. The molecule has 0 saturated carbocycles. The smallest absolute Gasteiger partial charge is 0.165 e. The standard InChI is InChI=1S/C18H18N8/c1-13(2)17-21-18(26(22-17)16-5-3-4-10-19-16)15-8-6-14(7-9-15)11-25-12-20-23-24-25/h3-10,12-13H,11H2,1-2H3. The highest BCUT2D eigenvalue weighted by atomic mass is 15.5. The second kappa shape index (κ2) is 6.83. The maximum atomic E-state index is 4.74. The zero-order valence-corrected chi connectivity index (χ0v) is 14.6. The Morgan fingerprint density at radius 3 is 2.54 bits per heavy atom. The van der Waals surface area contributed by atoms with Crippen LogP contribution >= 0.6 is 0 Å². The summed E-state index contributed by atoms with van der Waals surface area (Å²) in [6.45, 7) is 4.78. The first-order valence-corrected chi connectivity index (χ1v) is 8.39. The van der Waals surface area contributed by atoms with E-state index in [1.165, 1.54) is 0 Å². The summed E-state index contributed by atoms with van der Waals surface area (Å²) in [5, 5.41) is 15.8. The summed E-state index contributed by atoms with van der Waals surface area (Å²) in [5.41, 5.74) is 2.09. The van der Waals surface area contributed by atoms with Crippen molar-refractivity contribution in [1.82, 2.24) is 40.0 Å². The maximum Gasteiger partial charge on any atom is 0.165 e. The van der Waals surface area contributed by atoms with Gasteiger partial charge in [0.05, 0.1) is 6.54 Å². The lowest BCUT2D eigenvalue weighted by Gasteiger charge is -2.06. The number of tetrazole rings is 1. The Hall–Kier alpha value is -3.42. The van der Waals surface area contributed by atoms with Crippen molar-refractivity contribution in [3.8, 4) is 17.2 Å². The Bertz CT molecular complexity index is 972. The van der Waals surface area contributed by atoms with Gasteiger partial charge in [-0.3, -0.25) is 0 Å². The van der Waals surface area contributed by atoms with Gasteiger partial charge in [0.1, 0.15) is 6.33 Å². The third kappa shape index (κ3) is 3.21. The van der Waals surface area contributed by atoms with E-state index < -0.39 is 0 Å². The highest BCUT2D eigenvalue weighted by molar-refractivity contribution is 5.58. The van der Waals surface area contributed by atoms with E-state index in [0.717, 1.165) is 28.6 Å². The SMILES string of the molecule is CC(C)c1nc(-c2ccc(Cn3cnnn3)cc2)n(-c2ccccn2)n1. The summed E-state index contributed by atoms with van der Waals surface area (Å²) >= 11 is 0. The van der Waals surface area contributed by atoms with Crippen molar-refractivity contribution in [2.75, 3.05) is 0 Å². The number of benzene rings is 1. The Labute approximate surface area is 150 Å². The first kappa shape index (κ1) is 16.1. The molecular formula is C18H18N8. The fourth-order valence-electron chi connectivity index (χ4n) is 2.60. The minimum atomic E-state index is 0.234. The fraction of sp³-hybridized carbons (Fsp3) is 0.222. The van der Waals surface area contributed by atoms with Gasteiger partial charge in [-0.1, -0.05) is 44.2 Å². The first-order chi connectivity index (χ1) is 12.7. The minimum Gasteiger partial charge on any atom is -0.237 e. The molecule has 3 aromatic heterocycles. The molecule has 8 nitrogen and oxygen atoms in total. The Kier molecular flexibility index (Phi) is 4.22. The van der Waals surface area contributed by atoms with Crippen LogP contribution < -0.4 is 0 Å². The van der Waals surface area contributed by atoms with Gasteiger partial charge >= 0.3 is 0 Å². The number of hydrogen-bond acceptors (Lipinski definition) is 6. The highest BCUT2D eigenvalue weighted by Crippen LogP contribution is 2.23. The molecule has 0 fully saturated rings. The van der Waals surface area contributed by atoms with E-state index in [-0.39, 0.29) is 5.92 Å². The summed E-state index contributed by atoms with van der Waals surface area (Å²) in [4.78, 5) is 9.15. The van der Waals surface area contributed by atoms with Gasteiger partial charge in [0.25, 0.3) is 0 Å². The summed E-state index contributed by atoms with van der Waals surface area (Å²) < 4.78 is 3.48. The van der Waals surface area contributed by atoms with Crippen LogP contribution in [-0.4, -0.2) is 40.0 Å². The monoisotopic (exact) mass is 346 g/mol. The van der Waals surface area contributed by atoms with Crippen LogP contribution in [0, 0.1) is 0 Å². The molecular weight excluding hydrogens is 328 g/mol. The number of hydrogen-bond donors (Lipinski definition) is 0. The zero-order chi connectivity index (χ0) is 17.9. The van der Waals surface area contributed by atoms with Crippen LogP contribution in [0.3, 0.4) is 0 Å². The average molecular weight is 346 g/mol. The largest absolute Gasteiger partial charge is 0.237 e. The molecule has 0 N–H and O–H groups in total. The number of aromatic nitrogens is 8. The van der Waals surface area contributed by atoms with Gasteiger partial charge in [-0.2, -0.15) is 4.68 Å². The van der Waals surface area contributed by atoms with Gasteiger partial charge < -0.3 is 0 Å². The average Bonchev–Trinajstić information content (AvgIpc) is 3.33. The molecule has 0 aliphatic carbocycles. The van der Waals surface area contributed by atoms with Gasteiger partial charge in [-0.15, -0.1) is 10.2 Å². The quantitative estimate of drug-likeness (QED) is 0.552. The van der Waals surface area contributed by atoms with Crippen LogP contribution in [0.15, 0.2) is 55.0 Å². The van der Waals surface area contributed by atoms with Crippen molar-refractivity contribution in [2.24, 2.45) is 0 Å². The van der Waals surface area contributed by atoms with Crippen molar-refractivity contribution in [3.05, 3.63) is 66.4 Å². The van der Waals surface area contributed by atoms with Crippen molar-refractivity contribution < 1.29 is 0 Å². The molecule has 8 heteroatoms. The van der Waals surface area contributed by atoms with Crippen LogP contribution in [0.2, 0.25) is 0 Å². The molecule has 0 radical (unpaired) electrons. The predicted octanol–water partition coefficient (Wildman–Crippen LogP) is 2.49. The van der Waals surface area contributed by atoms with E-state index in [1.807, 2.05) is 42.5 Å². The van der Waals surface area contributed by atoms with Crippen LogP contribution in [0.1, 0.15) is 31.2 Å². The van der Waals surface area contributed by atoms with Crippen molar-refractivity contribution in [2.45, 2.75) is 26.3 Å². The summed E-state index contributed by atoms with van der Waals surface area (Å²) in [6, 6.07) is 13.9. The van der Waals surface area contributed by atoms with Crippen LogP contribution in [0.5, 0.6) is 0 Å². The normalized spacial score (nSPS) is 11.2. The molecule has 0 saturated heterocycles. The van der Waals surface area contributed by atoms with Gasteiger partial charge in [-0.25, -0.2) is 14.6 Å². The van der Waals surface area contributed by atoms with E-state index in [4.69, 9.17) is 4.98 Å². The Balaban J connectivity index is 1.70. The Morgan fingerprint density at radius 1 is 1.04 bits per heavy atom. The molecule has 0 unspecified atom stereocenters. The topological polar surface area (TPSA) is 87.2 Å². The van der Waals surface area contributed by atoms with E-state index in [0.29, 0.717) is 6.54 Å². The van der Waals surface area contributed by atoms with Crippen LogP contribution in [-0.2, 0) is 6.54 Å². The lowest BCUT2D eigenvalue weighted by Crippen LogP contribution is -2.03. The minimum absolute atomic E-state index is 0.234. The molecule has 0 bridgehead atoms. The highest BCUT2D eigenvalue weighted by Gasteiger charge is 2.16. The summed E-state index contributed by atoms with van der Waals surface area (Å²) in [6.07, 6.45) is 3.35. The molecule has 4 rings (SSSR count). The molecule has 0 spiro atoms. The van der Waals surface area contributed by atoms with Crippen molar-refractivity contribution >= 4 is 0 Å². The van der Waals surface area contributed by atoms with E-state index in [2.05, 4.69) is 39.5 Å². The van der Waals surface area contributed by atoms with E-state index in [9.17, 15) is 0 Å². The summed E-state index contributed by atoms with van der Waals surface area (Å²) in [7, 11) is 0. The van der Waals surface area contributed by atoms with E-state index in [1.54, 1.807) is 21.9 Å². The van der Waals surface area contributed by atoms with Gasteiger partial charge in [0.15, 0.2) is 17.5 Å². The molecule has 3 heterocycles. The van der Waals surface area contributed by atoms with Crippen molar-refractivity contribution in [3.63, 3.8) is 0 Å². The molecule has 4 aromatic rings. The molecule has 0 amide bonds. The molecule has 26 heavy (non-hydrogen) atoms. The maximum absolute atomic E-state index is 4.74. The first-order valence-electron chi connectivity index (χ1n) is 8.39. The Morgan fingerprint density at radius 2 is 1.88 bits per heavy atom. The lowest BCUT2D eigenvalue weighted by molar-refractivity contribution is 0.648. The zero-order valence-electron chi connectivity index (χ0n) is 14.6. The molecule has 0 atom stereocenters. The lowest BCUT2D eigenvalue weighted by atomic mass is 10.1. The third-order valence-corrected chi connectivity index (χ3v) is 3.95. The number of pyridine rings is 1. The second-order valence-corrected chi connectivity index (χ2v) is 6.25. The molecule has 0 aliphatic rings. The van der Waals surface area contributed by atoms with Crippen molar-refractivity contribution in [1.29, 1.82) is 0 Å². The second-order valence-electron chi connectivity index (χ2n) is 6.25. The third-order valence-electron chi connectivity index (χ3n) is 3.95. The number of nitrogens with zero attached hydrogens (tertiary/aromatic N) is 8. The van der Waals surface area contributed by atoms with Gasteiger partial charge in [0.2, 0.25) is 0 Å². The van der Waals surface area contributed by atoms with E-state index >= 15 is 0 Å². The summed E-state index contributed by atoms with van der Waals surface area (Å²) in [5.74, 6) is 2.56. The van der Waals surface area contributed by atoms with Gasteiger partial charge in [0, 0.05) is 17.7 Å². The predicted molar refractivity (Wildman–Crippen MR) is 95.6 cm³/mol. The molecule has 0 aliphatic heterocycles. The van der Waals surface area contributed by atoms with Gasteiger partial charge in [-0.05, 0) is 28.1 Å². The van der Waals surface area contributed by atoms with Crippen LogP contribution in [0.4, 0.5) is 0 Å². The fourth-order valence-corrected chi connectivity index (χ4v) is 2.60. The van der Waals surface area contributed by atoms with Crippen LogP contribution in [0.25, 0.3) is 17.2 Å².